The molecule has 0 unspecified atom stereocenters. The molecule has 33 heavy (non-hydrogen) atoms. The highest BCUT2D eigenvalue weighted by atomic mass is 35.5. The summed E-state index contributed by atoms with van der Waals surface area (Å²) in [5.41, 5.74) is 1.06. The van der Waals surface area contributed by atoms with Crippen LogP contribution >= 0.6 is 23.2 Å². The van der Waals surface area contributed by atoms with E-state index >= 15 is 0 Å². The molecule has 0 aliphatic rings. The van der Waals surface area contributed by atoms with Gasteiger partial charge in [-0.05, 0) is 29.8 Å². The number of ether oxygens (including phenoxy) is 1. The van der Waals surface area contributed by atoms with Gasteiger partial charge in [-0.1, -0.05) is 35.3 Å². The summed E-state index contributed by atoms with van der Waals surface area (Å²) in [6.07, 6.45) is 1.34. The minimum Gasteiger partial charge on any atom is -0.504 e. The van der Waals surface area contributed by atoms with Gasteiger partial charge in [-0.2, -0.15) is 20.1 Å². The van der Waals surface area contributed by atoms with Crippen LogP contribution < -0.4 is 15.1 Å². The Balaban J connectivity index is 1.86. The second-order valence-electron chi connectivity index (χ2n) is 6.57. The second-order valence-corrected chi connectivity index (χ2v) is 7.38. The van der Waals surface area contributed by atoms with Crippen molar-refractivity contribution in [1.29, 1.82) is 0 Å². The highest BCUT2D eigenvalue weighted by molar-refractivity contribution is 6.37. The number of hydrogen-bond donors (Lipinski definition) is 2. The summed E-state index contributed by atoms with van der Waals surface area (Å²) >= 11 is 12.5. The molecule has 2 N–H and O–H groups in total. The third-order valence-electron chi connectivity index (χ3n) is 4.15. The zero-order chi connectivity index (χ0) is 24.1. The van der Waals surface area contributed by atoms with Crippen molar-refractivity contribution in [2.24, 2.45) is 5.10 Å². The van der Waals surface area contributed by atoms with Gasteiger partial charge in [0.25, 0.3) is 0 Å². The molecule has 1 aromatic heterocycles. The fourth-order valence-electron chi connectivity index (χ4n) is 2.69. The van der Waals surface area contributed by atoms with Crippen molar-refractivity contribution in [1.82, 2.24) is 15.3 Å². The molecule has 0 atom stereocenters. The molecule has 0 bridgehead atoms. The number of imide groups is 1. The number of benzene rings is 2. The number of rotatable bonds is 6. The average Bonchev–Trinajstić information content (AvgIpc) is 2.74. The van der Waals surface area contributed by atoms with Gasteiger partial charge in [0.1, 0.15) is 5.82 Å². The van der Waals surface area contributed by atoms with Crippen LogP contribution in [0.4, 0.5) is 14.9 Å². The topological polar surface area (TPSA) is 117 Å². The molecule has 170 valence electrons. The fraction of sp³-hybridized carbons (Fsp3) is 0.0952. The van der Waals surface area contributed by atoms with Crippen molar-refractivity contribution in [3.05, 3.63) is 69.7 Å². The number of carbonyl (C=O) groups excluding carboxylic acids is 2. The number of amides is 3. The quantitative estimate of drug-likeness (QED) is 0.381. The number of nitrogens with one attached hydrogen (secondary N) is 1. The van der Waals surface area contributed by atoms with Crippen LogP contribution in [0.25, 0.3) is 0 Å². The number of anilines is 1. The number of carbonyl (C=O) groups is 2. The maximum absolute atomic E-state index is 13.1. The van der Waals surface area contributed by atoms with Crippen LogP contribution in [0.3, 0.4) is 0 Å². The first-order chi connectivity index (χ1) is 15.7. The summed E-state index contributed by atoms with van der Waals surface area (Å²) in [6, 6.07) is 7.33. The van der Waals surface area contributed by atoms with Crippen LogP contribution in [0, 0.1) is 5.82 Å². The van der Waals surface area contributed by atoms with Gasteiger partial charge in [0.2, 0.25) is 5.91 Å². The molecule has 3 aromatic rings. The number of aromatic hydroxyl groups is 1. The lowest BCUT2D eigenvalue weighted by Gasteiger charge is -2.18. The first-order valence-electron chi connectivity index (χ1n) is 9.22. The van der Waals surface area contributed by atoms with E-state index in [1.54, 1.807) is 12.1 Å². The lowest BCUT2D eigenvalue weighted by atomic mass is 10.1. The summed E-state index contributed by atoms with van der Waals surface area (Å²) in [5, 5.41) is 16.4. The number of halogens is 3. The van der Waals surface area contributed by atoms with Gasteiger partial charge in [0.05, 0.1) is 27.6 Å². The Morgan fingerprint density at radius 3 is 2.45 bits per heavy atom. The summed E-state index contributed by atoms with van der Waals surface area (Å²) in [7, 11) is 0. The summed E-state index contributed by atoms with van der Waals surface area (Å²) in [6.45, 7) is 4.46. The molecule has 0 saturated carbocycles. The Hall–Kier alpha value is -3.76. The molecular weight excluding hydrogens is 476 g/mol. The average molecular weight is 492 g/mol. The van der Waals surface area contributed by atoms with Gasteiger partial charge in [0.15, 0.2) is 11.5 Å². The first-order valence-corrected chi connectivity index (χ1v) is 9.98. The van der Waals surface area contributed by atoms with Crippen LogP contribution in [-0.2, 0) is 11.2 Å². The SMILES string of the molecule is C=NN(C(=O)NC(C)=O)c1cc(Cl)c(Oc2ncc(O)c(Cc3ccc(F)cc3)n2)c(Cl)c1. The maximum Gasteiger partial charge on any atom is 0.349 e. The Kier molecular flexibility index (Phi) is 7.41. The molecule has 2 aromatic carbocycles. The van der Waals surface area contributed by atoms with Gasteiger partial charge in [-0.25, -0.2) is 9.18 Å². The Labute approximate surface area is 197 Å². The van der Waals surface area contributed by atoms with E-state index in [0.717, 1.165) is 18.1 Å². The minimum atomic E-state index is -0.856. The van der Waals surface area contributed by atoms with Crippen LogP contribution in [-0.4, -0.2) is 33.7 Å². The van der Waals surface area contributed by atoms with Crippen LogP contribution in [0.1, 0.15) is 18.2 Å². The molecule has 0 fully saturated rings. The van der Waals surface area contributed by atoms with E-state index < -0.39 is 11.9 Å². The number of urea groups is 1. The fourth-order valence-corrected chi connectivity index (χ4v) is 3.24. The van der Waals surface area contributed by atoms with Gasteiger partial charge in [-0.3, -0.25) is 10.1 Å². The van der Waals surface area contributed by atoms with Crippen molar-refractivity contribution < 1.29 is 23.8 Å². The third kappa shape index (κ3) is 5.93. The zero-order valence-electron chi connectivity index (χ0n) is 17.1. The Bertz CT molecular complexity index is 1200. The van der Waals surface area contributed by atoms with Crippen molar-refractivity contribution >= 4 is 47.5 Å². The van der Waals surface area contributed by atoms with Crippen LogP contribution in [0.5, 0.6) is 17.5 Å². The minimum absolute atomic E-state index is 0.0152. The Morgan fingerprint density at radius 1 is 1.24 bits per heavy atom. The predicted octanol–water partition coefficient (Wildman–Crippen LogP) is 4.69. The molecule has 0 aliphatic carbocycles. The van der Waals surface area contributed by atoms with E-state index in [9.17, 15) is 19.1 Å². The highest BCUT2D eigenvalue weighted by Crippen LogP contribution is 2.39. The smallest absolute Gasteiger partial charge is 0.349 e. The van der Waals surface area contributed by atoms with Crippen molar-refractivity contribution in [2.45, 2.75) is 13.3 Å². The molecule has 3 amide bonds. The van der Waals surface area contributed by atoms with Crippen LogP contribution in [0.2, 0.25) is 10.0 Å². The second kappa shape index (κ2) is 10.2. The maximum atomic E-state index is 13.1. The number of hydrazone groups is 1. The van der Waals surface area contributed by atoms with E-state index in [2.05, 4.69) is 27.1 Å². The molecular formula is C21H16Cl2FN5O4. The van der Waals surface area contributed by atoms with Gasteiger partial charge < -0.3 is 9.84 Å². The van der Waals surface area contributed by atoms with Crippen molar-refractivity contribution in [2.75, 3.05) is 5.01 Å². The summed E-state index contributed by atoms with van der Waals surface area (Å²) in [4.78, 5) is 31.3. The van der Waals surface area contributed by atoms with Gasteiger partial charge >= 0.3 is 12.0 Å². The number of hydrogen-bond acceptors (Lipinski definition) is 7. The molecule has 1 heterocycles. The van der Waals surface area contributed by atoms with E-state index in [1.807, 2.05) is 0 Å². The molecule has 0 aliphatic heterocycles. The first kappa shape index (κ1) is 23.9. The monoisotopic (exact) mass is 491 g/mol. The molecule has 9 nitrogen and oxygen atoms in total. The van der Waals surface area contributed by atoms with E-state index in [1.165, 1.54) is 24.3 Å². The van der Waals surface area contributed by atoms with Gasteiger partial charge in [-0.15, -0.1) is 0 Å². The lowest BCUT2D eigenvalue weighted by molar-refractivity contribution is -0.117. The normalized spacial score (nSPS) is 10.4. The summed E-state index contributed by atoms with van der Waals surface area (Å²) in [5.74, 6) is -1.17. The Morgan fingerprint density at radius 2 is 1.88 bits per heavy atom. The molecule has 3 rings (SSSR count). The van der Waals surface area contributed by atoms with Crippen LogP contribution in [0.15, 0.2) is 47.7 Å². The van der Waals surface area contributed by atoms with Crippen molar-refractivity contribution in [3.63, 3.8) is 0 Å². The number of aromatic nitrogens is 2. The van der Waals surface area contributed by atoms with E-state index in [-0.39, 0.29) is 51.2 Å². The third-order valence-corrected chi connectivity index (χ3v) is 4.71. The number of nitrogens with zero attached hydrogens (tertiary/aromatic N) is 4. The standard InChI is InChI=1S/C21H16Cl2FN5O4/c1-11(30)27-21(32)29(25-2)14-8-15(22)19(16(23)9-14)33-20-26-10-18(31)17(28-20)7-12-3-5-13(24)6-4-12/h3-6,8-10,31H,2,7H2,1H3,(H,27,30,32). The molecule has 12 heteroatoms. The molecule has 0 saturated heterocycles. The zero-order valence-corrected chi connectivity index (χ0v) is 18.6. The highest BCUT2D eigenvalue weighted by Gasteiger charge is 2.20. The lowest BCUT2D eigenvalue weighted by Crippen LogP contribution is -2.39. The molecule has 0 spiro atoms. The van der Waals surface area contributed by atoms with Gasteiger partial charge in [0, 0.05) is 20.1 Å². The summed E-state index contributed by atoms with van der Waals surface area (Å²) < 4.78 is 18.7. The van der Waals surface area contributed by atoms with E-state index in [4.69, 9.17) is 27.9 Å². The van der Waals surface area contributed by atoms with Crippen molar-refractivity contribution in [3.8, 4) is 17.5 Å². The predicted molar refractivity (Wildman–Crippen MR) is 121 cm³/mol. The van der Waals surface area contributed by atoms with E-state index in [0.29, 0.717) is 5.56 Å². The largest absolute Gasteiger partial charge is 0.504 e. The molecule has 0 radical (unpaired) electrons.